The van der Waals surface area contributed by atoms with Crippen molar-refractivity contribution in [3.8, 4) is 0 Å². The summed E-state index contributed by atoms with van der Waals surface area (Å²) in [6, 6.07) is 0.720. The molecule has 0 spiro atoms. The monoisotopic (exact) mass is 210 g/mol. The van der Waals surface area contributed by atoms with Crippen LogP contribution in [0.4, 0.5) is 0 Å². The van der Waals surface area contributed by atoms with Gasteiger partial charge in [-0.3, -0.25) is 4.90 Å². The first-order valence-corrected chi connectivity index (χ1v) is 6.34. The fourth-order valence-corrected chi connectivity index (χ4v) is 2.11. The molecule has 0 aromatic heterocycles. The predicted octanol–water partition coefficient (Wildman–Crippen LogP) is 2.42. The van der Waals surface area contributed by atoms with E-state index in [9.17, 15) is 0 Å². The van der Waals surface area contributed by atoms with Crippen molar-refractivity contribution in [1.29, 1.82) is 0 Å². The average Bonchev–Trinajstić information content (AvgIpc) is 2.24. The Morgan fingerprint density at radius 2 is 2.27 bits per heavy atom. The number of nitrogens with one attached hydrogen (secondary N) is 1. The maximum atomic E-state index is 3.47. The van der Waals surface area contributed by atoms with Gasteiger partial charge >= 0.3 is 0 Å². The van der Waals surface area contributed by atoms with E-state index >= 15 is 0 Å². The molecule has 0 saturated carbocycles. The molecule has 1 atom stereocenters. The predicted molar refractivity (Wildman–Crippen MR) is 67.2 cm³/mol. The maximum Gasteiger partial charge on any atom is 0.0193 e. The Balaban J connectivity index is 2.16. The van der Waals surface area contributed by atoms with Crippen LogP contribution in [0.15, 0.2) is 11.6 Å². The average molecular weight is 210 g/mol. The largest absolute Gasteiger partial charge is 0.317 e. The molecule has 0 aromatic rings. The smallest absolute Gasteiger partial charge is 0.0193 e. The van der Waals surface area contributed by atoms with E-state index < -0.39 is 0 Å². The van der Waals surface area contributed by atoms with Crippen LogP contribution in [0.5, 0.6) is 0 Å². The minimum Gasteiger partial charge on any atom is -0.317 e. The van der Waals surface area contributed by atoms with Crippen LogP contribution < -0.4 is 5.32 Å². The summed E-state index contributed by atoms with van der Waals surface area (Å²) in [6.07, 6.45) is 6.12. The van der Waals surface area contributed by atoms with Gasteiger partial charge in [-0.25, -0.2) is 0 Å². The van der Waals surface area contributed by atoms with Crippen molar-refractivity contribution in [3.05, 3.63) is 11.6 Å². The van der Waals surface area contributed by atoms with Crippen molar-refractivity contribution in [2.75, 3.05) is 26.2 Å². The molecule has 0 fully saturated rings. The van der Waals surface area contributed by atoms with Gasteiger partial charge < -0.3 is 5.32 Å². The van der Waals surface area contributed by atoms with Crippen molar-refractivity contribution in [1.82, 2.24) is 10.2 Å². The SMILES string of the molecule is CCCNCCC(C)N1CCC=C(C)C1. The quantitative estimate of drug-likeness (QED) is 0.535. The highest BCUT2D eigenvalue weighted by atomic mass is 15.2. The Morgan fingerprint density at radius 3 is 2.93 bits per heavy atom. The number of hydrogen-bond donors (Lipinski definition) is 1. The Hall–Kier alpha value is -0.340. The summed E-state index contributed by atoms with van der Waals surface area (Å²) in [7, 11) is 0. The zero-order valence-electron chi connectivity index (χ0n) is 10.6. The Kier molecular flexibility index (Phi) is 5.96. The van der Waals surface area contributed by atoms with Crippen LogP contribution in [-0.2, 0) is 0 Å². The molecule has 0 aliphatic carbocycles. The lowest BCUT2D eigenvalue weighted by atomic mass is 10.1. The van der Waals surface area contributed by atoms with Crippen LogP contribution in [0.1, 0.15) is 40.0 Å². The molecule has 1 heterocycles. The Bertz CT molecular complexity index is 199. The molecule has 0 bridgehead atoms. The van der Waals surface area contributed by atoms with E-state index in [0.717, 1.165) is 19.1 Å². The van der Waals surface area contributed by atoms with Gasteiger partial charge in [0.15, 0.2) is 0 Å². The first-order chi connectivity index (χ1) is 7.24. The molecule has 1 aliphatic rings. The molecule has 88 valence electrons. The van der Waals surface area contributed by atoms with Gasteiger partial charge in [0.25, 0.3) is 0 Å². The molecular formula is C13H26N2. The van der Waals surface area contributed by atoms with Crippen molar-refractivity contribution in [3.63, 3.8) is 0 Å². The van der Waals surface area contributed by atoms with Gasteiger partial charge in [0.2, 0.25) is 0 Å². The standard InChI is InChI=1S/C13H26N2/c1-4-8-14-9-7-13(3)15-10-5-6-12(2)11-15/h6,13-14H,4-5,7-11H2,1-3H3. The lowest BCUT2D eigenvalue weighted by Gasteiger charge is -2.32. The third kappa shape index (κ3) is 4.80. The first kappa shape index (κ1) is 12.7. The third-order valence-electron chi connectivity index (χ3n) is 3.15. The Morgan fingerprint density at radius 1 is 1.47 bits per heavy atom. The van der Waals surface area contributed by atoms with Gasteiger partial charge in [-0.05, 0) is 46.2 Å². The maximum absolute atomic E-state index is 3.47. The van der Waals surface area contributed by atoms with Crippen LogP contribution in [0, 0.1) is 0 Å². The highest BCUT2D eigenvalue weighted by Gasteiger charge is 2.15. The van der Waals surface area contributed by atoms with Gasteiger partial charge in [0.1, 0.15) is 0 Å². The minimum absolute atomic E-state index is 0.720. The lowest BCUT2D eigenvalue weighted by Crippen LogP contribution is -2.38. The fourth-order valence-electron chi connectivity index (χ4n) is 2.11. The zero-order valence-corrected chi connectivity index (χ0v) is 10.6. The van der Waals surface area contributed by atoms with Crippen LogP contribution in [-0.4, -0.2) is 37.1 Å². The van der Waals surface area contributed by atoms with Crippen LogP contribution in [0.2, 0.25) is 0 Å². The third-order valence-corrected chi connectivity index (χ3v) is 3.15. The molecule has 0 saturated heterocycles. The summed E-state index contributed by atoms with van der Waals surface area (Å²) >= 11 is 0. The summed E-state index contributed by atoms with van der Waals surface area (Å²) in [5.74, 6) is 0. The Labute approximate surface area is 94.7 Å². The van der Waals surface area contributed by atoms with Crippen LogP contribution in [0.25, 0.3) is 0 Å². The molecule has 15 heavy (non-hydrogen) atoms. The van der Waals surface area contributed by atoms with Gasteiger partial charge in [-0.1, -0.05) is 18.6 Å². The number of hydrogen-bond acceptors (Lipinski definition) is 2. The second kappa shape index (κ2) is 7.02. The molecule has 1 unspecified atom stereocenters. The summed E-state index contributed by atoms with van der Waals surface area (Å²) < 4.78 is 0. The van der Waals surface area contributed by atoms with Crippen molar-refractivity contribution in [2.45, 2.75) is 46.1 Å². The van der Waals surface area contributed by atoms with Crippen molar-refractivity contribution in [2.24, 2.45) is 0 Å². The molecule has 0 radical (unpaired) electrons. The van der Waals surface area contributed by atoms with E-state index in [2.05, 4.69) is 37.1 Å². The number of nitrogens with zero attached hydrogens (tertiary/aromatic N) is 1. The molecule has 2 nitrogen and oxygen atoms in total. The van der Waals surface area contributed by atoms with Crippen molar-refractivity contribution >= 4 is 0 Å². The molecule has 2 heteroatoms. The summed E-state index contributed by atoms with van der Waals surface area (Å²) in [6.45, 7) is 11.6. The number of rotatable bonds is 6. The summed E-state index contributed by atoms with van der Waals surface area (Å²) in [4.78, 5) is 2.60. The molecule has 0 aromatic carbocycles. The van der Waals surface area contributed by atoms with E-state index in [-0.39, 0.29) is 0 Å². The molecule has 1 rings (SSSR count). The van der Waals surface area contributed by atoms with Gasteiger partial charge in [0, 0.05) is 19.1 Å². The van der Waals surface area contributed by atoms with Crippen LogP contribution >= 0.6 is 0 Å². The van der Waals surface area contributed by atoms with Crippen molar-refractivity contribution < 1.29 is 0 Å². The normalized spacial score (nSPS) is 20.1. The van der Waals surface area contributed by atoms with E-state index in [0.29, 0.717) is 0 Å². The second-order valence-corrected chi connectivity index (χ2v) is 4.70. The van der Waals surface area contributed by atoms with Gasteiger partial charge in [-0.15, -0.1) is 0 Å². The van der Waals surface area contributed by atoms with E-state index in [1.807, 2.05) is 0 Å². The molecular weight excluding hydrogens is 184 g/mol. The van der Waals surface area contributed by atoms with E-state index in [1.165, 1.54) is 37.9 Å². The van der Waals surface area contributed by atoms with Gasteiger partial charge in [0.05, 0.1) is 0 Å². The lowest BCUT2D eigenvalue weighted by molar-refractivity contribution is 0.211. The summed E-state index contributed by atoms with van der Waals surface area (Å²) in [5, 5.41) is 3.47. The van der Waals surface area contributed by atoms with E-state index in [1.54, 1.807) is 0 Å². The molecule has 1 aliphatic heterocycles. The second-order valence-electron chi connectivity index (χ2n) is 4.70. The fraction of sp³-hybridized carbons (Fsp3) is 0.846. The highest BCUT2D eigenvalue weighted by Crippen LogP contribution is 2.13. The zero-order chi connectivity index (χ0) is 11.1. The first-order valence-electron chi connectivity index (χ1n) is 6.34. The molecule has 1 N–H and O–H groups in total. The van der Waals surface area contributed by atoms with Gasteiger partial charge in [-0.2, -0.15) is 0 Å². The minimum atomic E-state index is 0.720. The van der Waals surface area contributed by atoms with Crippen LogP contribution in [0.3, 0.4) is 0 Å². The van der Waals surface area contributed by atoms with E-state index in [4.69, 9.17) is 0 Å². The highest BCUT2D eigenvalue weighted by molar-refractivity contribution is 5.05. The molecule has 0 amide bonds. The topological polar surface area (TPSA) is 15.3 Å². The summed E-state index contributed by atoms with van der Waals surface area (Å²) in [5.41, 5.74) is 1.54.